The Kier molecular flexibility index (Phi) is 6.16. The molecule has 2 fully saturated rings. The first-order valence-corrected chi connectivity index (χ1v) is 11.1. The molecule has 0 unspecified atom stereocenters. The summed E-state index contributed by atoms with van der Waals surface area (Å²) in [5.74, 6) is 1.87. The fourth-order valence-electron chi connectivity index (χ4n) is 5.66. The summed E-state index contributed by atoms with van der Waals surface area (Å²) in [4.78, 5) is 12.6. The van der Waals surface area contributed by atoms with Crippen molar-refractivity contribution in [1.82, 2.24) is 0 Å². The minimum absolute atomic E-state index is 0.0531. The highest BCUT2D eigenvalue weighted by atomic mass is 16.6. The van der Waals surface area contributed by atoms with E-state index in [0.717, 1.165) is 18.9 Å². The number of carbonyl (C=O) groups excluding carboxylic acids is 1. The minimum Gasteiger partial charge on any atom is -0.461 e. The van der Waals surface area contributed by atoms with Crippen molar-refractivity contribution >= 4 is 5.97 Å². The van der Waals surface area contributed by atoms with Gasteiger partial charge in [-0.1, -0.05) is 52.2 Å². The van der Waals surface area contributed by atoms with Gasteiger partial charge in [-0.2, -0.15) is 0 Å². The third-order valence-electron chi connectivity index (χ3n) is 7.31. The Morgan fingerprint density at radius 2 is 2.08 bits per heavy atom. The third-order valence-corrected chi connectivity index (χ3v) is 7.31. The highest BCUT2D eigenvalue weighted by Gasteiger charge is 2.52. The van der Waals surface area contributed by atoms with Gasteiger partial charge < -0.3 is 10.1 Å². The number of rotatable bonds is 7. The molecule has 3 rings (SSSR count). The minimum atomic E-state index is 0.0531. The van der Waals surface area contributed by atoms with Crippen LogP contribution in [0.1, 0.15) is 79.6 Å². The molecule has 6 atom stereocenters. The molecule has 3 nitrogen and oxygen atoms in total. The van der Waals surface area contributed by atoms with Gasteiger partial charge in [0, 0.05) is 5.92 Å². The summed E-state index contributed by atoms with van der Waals surface area (Å²) in [5.41, 5.74) is 1.89. The zero-order chi connectivity index (χ0) is 18.9. The first-order valence-electron chi connectivity index (χ1n) is 11.1. The Bertz CT molecular complexity index is 540. The molecule has 0 bridgehead atoms. The van der Waals surface area contributed by atoms with E-state index in [-0.39, 0.29) is 23.4 Å². The summed E-state index contributed by atoms with van der Waals surface area (Å²) in [6, 6.07) is 0.593. The fraction of sp³-hybridized carbons (Fsp3) is 0.870. The van der Waals surface area contributed by atoms with E-state index in [1.807, 2.05) is 0 Å². The smallest absolute Gasteiger partial charge is 0.315 e. The summed E-state index contributed by atoms with van der Waals surface area (Å²) >= 11 is 0. The quantitative estimate of drug-likeness (QED) is 0.548. The van der Waals surface area contributed by atoms with Crippen LogP contribution < -0.4 is 5.32 Å². The zero-order valence-corrected chi connectivity index (χ0v) is 17.6. The molecule has 0 aromatic heterocycles. The van der Waals surface area contributed by atoms with Gasteiger partial charge in [-0.25, -0.2) is 0 Å². The number of allylic oxidation sites excluding steroid dienone is 1. The average Bonchev–Trinajstić information content (AvgIpc) is 2.84. The van der Waals surface area contributed by atoms with Crippen LogP contribution in [-0.2, 0) is 9.53 Å². The first kappa shape index (κ1) is 19.9. The molecular weight excluding hydrogens is 322 g/mol. The molecule has 0 amide bonds. The van der Waals surface area contributed by atoms with E-state index in [2.05, 4.69) is 46.0 Å². The molecule has 1 aliphatic heterocycles. The second kappa shape index (κ2) is 8.04. The Hall–Kier alpha value is -0.830. The van der Waals surface area contributed by atoms with Crippen molar-refractivity contribution in [2.24, 2.45) is 29.1 Å². The maximum absolute atomic E-state index is 12.6. The monoisotopic (exact) mass is 362 g/mol. The van der Waals surface area contributed by atoms with Crippen LogP contribution in [0.5, 0.6) is 0 Å². The Morgan fingerprint density at radius 1 is 1.31 bits per heavy atom. The van der Waals surface area contributed by atoms with E-state index < -0.39 is 0 Å². The lowest BCUT2D eigenvalue weighted by molar-refractivity contribution is -0.690. The molecular formula is C23H40NO2+. The summed E-state index contributed by atoms with van der Waals surface area (Å²) in [7, 11) is 0. The third kappa shape index (κ3) is 4.18. The molecule has 1 heterocycles. The van der Waals surface area contributed by atoms with E-state index in [4.69, 9.17) is 4.74 Å². The summed E-state index contributed by atoms with van der Waals surface area (Å²) in [6.45, 7) is 12.5. The largest absolute Gasteiger partial charge is 0.461 e. The second-order valence-corrected chi connectivity index (χ2v) is 10.1. The maximum Gasteiger partial charge on any atom is 0.315 e. The number of quaternary nitrogens is 1. The zero-order valence-electron chi connectivity index (χ0n) is 17.6. The van der Waals surface area contributed by atoms with Gasteiger partial charge >= 0.3 is 5.97 Å². The predicted molar refractivity (Wildman–Crippen MR) is 106 cm³/mol. The number of fused-ring (bicyclic) bond motifs is 2. The van der Waals surface area contributed by atoms with Crippen LogP contribution in [0.3, 0.4) is 0 Å². The molecule has 2 aliphatic carbocycles. The van der Waals surface area contributed by atoms with E-state index in [1.54, 1.807) is 5.57 Å². The number of carbonyl (C=O) groups is 1. The molecule has 0 aromatic carbocycles. The molecule has 0 spiro atoms. The Morgan fingerprint density at radius 3 is 2.81 bits per heavy atom. The Labute approximate surface area is 160 Å². The van der Waals surface area contributed by atoms with Crippen molar-refractivity contribution in [2.75, 3.05) is 6.54 Å². The van der Waals surface area contributed by atoms with Crippen LogP contribution in [-0.4, -0.2) is 24.7 Å². The molecule has 0 radical (unpaired) electrons. The Balaban J connectivity index is 1.61. The molecule has 2 N–H and O–H groups in total. The normalized spacial score (nSPS) is 37.8. The van der Waals surface area contributed by atoms with E-state index in [9.17, 15) is 4.79 Å². The molecule has 26 heavy (non-hydrogen) atoms. The summed E-state index contributed by atoms with van der Waals surface area (Å²) in [5, 5.41) is 2.39. The van der Waals surface area contributed by atoms with Gasteiger partial charge in [0.1, 0.15) is 12.0 Å². The van der Waals surface area contributed by atoms with Gasteiger partial charge in [0.05, 0.1) is 12.6 Å². The van der Waals surface area contributed by atoms with Crippen molar-refractivity contribution in [3.05, 3.63) is 11.6 Å². The van der Waals surface area contributed by atoms with Gasteiger partial charge in [-0.3, -0.25) is 4.79 Å². The average molecular weight is 363 g/mol. The molecule has 3 aliphatic rings. The van der Waals surface area contributed by atoms with Crippen molar-refractivity contribution in [2.45, 2.75) is 91.7 Å². The first-order chi connectivity index (χ1) is 12.3. The molecule has 1 saturated heterocycles. The molecule has 0 aromatic rings. The van der Waals surface area contributed by atoms with Crippen molar-refractivity contribution in [3.63, 3.8) is 0 Å². The van der Waals surface area contributed by atoms with Crippen molar-refractivity contribution in [3.8, 4) is 0 Å². The topological polar surface area (TPSA) is 42.9 Å². The molecule has 1 saturated carbocycles. The maximum atomic E-state index is 12.6. The van der Waals surface area contributed by atoms with Crippen molar-refractivity contribution < 1.29 is 14.8 Å². The van der Waals surface area contributed by atoms with Crippen LogP contribution in [0, 0.1) is 29.1 Å². The standard InChI is InChI=1S/C23H39NO2/c1-15(2)8-6-10-17(4)24-14-19-18-12-20-16(3)9-7-11-23(20,5)13-21(18)26-22(19)25/h12,15-19,21,24H,6-11,13-14H2,1-5H3/p+1/t16-,17+,18+,19+,21+,23+/m0/s1. The number of hydrogen-bond acceptors (Lipinski definition) is 2. The lowest BCUT2D eigenvalue weighted by atomic mass is 9.59. The number of nitrogens with two attached hydrogens (primary N) is 1. The summed E-state index contributed by atoms with van der Waals surface area (Å²) in [6.07, 6.45) is 11.3. The highest BCUT2D eigenvalue weighted by Crippen LogP contribution is 2.53. The summed E-state index contributed by atoms with van der Waals surface area (Å²) < 4.78 is 5.87. The number of ether oxygens (including phenoxy) is 1. The van der Waals surface area contributed by atoms with Gasteiger partial charge in [-0.15, -0.1) is 0 Å². The van der Waals surface area contributed by atoms with E-state index in [1.165, 1.54) is 38.5 Å². The predicted octanol–water partition coefficient (Wildman–Crippen LogP) is 4.08. The van der Waals surface area contributed by atoms with Crippen molar-refractivity contribution in [1.29, 1.82) is 0 Å². The van der Waals surface area contributed by atoms with Gasteiger partial charge in [0.25, 0.3) is 0 Å². The van der Waals surface area contributed by atoms with E-state index in [0.29, 0.717) is 17.9 Å². The highest BCUT2D eigenvalue weighted by molar-refractivity contribution is 5.76. The van der Waals surface area contributed by atoms with Crippen LogP contribution in [0.25, 0.3) is 0 Å². The fourth-order valence-corrected chi connectivity index (χ4v) is 5.66. The lowest BCUT2D eigenvalue weighted by Gasteiger charge is -2.45. The van der Waals surface area contributed by atoms with Gasteiger partial charge in [-0.05, 0) is 56.3 Å². The molecule has 148 valence electrons. The van der Waals surface area contributed by atoms with Crippen LogP contribution in [0.4, 0.5) is 0 Å². The number of esters is 1. The van der Waals surface area contributed by atoms with Gasteiger partial charge in [0.15, 0.2) is 0 Å². The van der Waals surface area contributed by atoms with E-state index >= 15 is 0 Å². The van der Waals surface area contributed by atoms with Crippen LogP contribution in [0.2, 0.25) is 0 Å². The SMILES string of the molecule is CC(C)CCC[C@@H](C)[NH2+]C[C@H]1C(=O)O[C@@H]2C[C@@]3(C)CCC[C@H](C)C3=C[C@@H]21. The van der Waals surface area contributed by atoms with Crippen LogP contribution >= 0.6 is 0 Å². The number of hydrogen-bond donors (Lipinski definition) is 1. The van der Waals surface area contributed by atoms with Gasteiger partial charge in [0.2, 0.25) is 0 Å². The lowest BCUT2D eigenvalue weighted by Crippen LogP contribution is -2.90. The van der Waals surface area contributed by atoms with Crippen LogP contribution in [0.15, 0.2) is 11.6 Å². The second-order valence-electron chi connectivity index (χ2n) is 10.1. The molecule has 3 heteroatoms.